The number of hydrogen-bond donors (Lipinski definition) is 2. The minimum absolute atomic E-state index is 0.0440. The molecule has 2 aromatic carbocycles. The Balaban J connectivity index is 2.04. The van der Waals surface area contributed by atoms with Gasteiger partial charge in [-0.1, -0.05) is 25.4 Å². The van der Waals surface area contributed by atoms with Crippen molar-refractivity contribution in [2.75, 3.05) is 10.6 Å². The van der Waals surface area contributed by atoms with Crippen LogP contribution in [0.25, 0.3) is 0 Å². The van der Waals surface area contributed by atoms with Gasteiger partial charge in [0.1, 0.15) is 0 Å². The van der Waals surface area contributed by atoms with Crippen molar-refractivity contribution in [3.8, 4) is 0 Å². The van der Waals surface area contributed by atoms with Crippen molar-refractivity contribution in [2.45, 2.75) is 13.8 Å². The molecule has 2 aromatic rings. The third-order valence-electron chi connectivity index (χ3n) is 3.12. The van der Waals surface area contributed by atoms with Crippen LogP contribution >= 0.6 is 34.2 Å². The average molecular weight is 443 g/mol. The quantitative estimate of drug-likeness (QED) is 0.669. The third kappa shape index (κ3) is 4.94. The number of nitrogens with one attached hydrogen (secondary N) is 2. The van der Waals surface area contributed by atoms with Gasteiger partial charge in [0, 0.05) is 26.4 Å². The smallest absolute Gasteiger partial charge is 0.255 e. The maximum atomic E-state index is 12.2. The predicted octanol–water partition coefficient (Wildman–Crippen LogP) is 4.79. The first-order valence-electron chi connectivity index (χ1n) is 7.04. The second-order valence-corrected chi connectivity index (χ2v) is 6.87. The van der Waals surface area contributed by atoms with Crippen LogP contribution in [0, 0.1) is 9.49 Å². The lowest BCUT2D eigenvalue weighted by Gasteiger charge is -2.09. The molecular formula is C17H16ClIN2O2. The topological polar surface area (TPSA) is 58.2 Å². The van der Waals surface area contributed by atoms with E-state index in [-0.39, 0.29) is 17.7 Å². The van der Waals surface area contributed by atoms with Gasteiger partial charge in [0.2, 0.25) is 5.91 Å². The normalized spacial score (nSPS) is 10.5. The molecule has 23 heavy (non-hydrogen) atoms. The van der Waals surface area contributed by atoms with E-state index in [1.54, 1.807) is 42.5 Å². The van der Waals surface area contributed by atoms with E-state index in [1.807, 2.05) is 13.8 Å². The molecule has 0 aliphatic carbocycles. The molecule has 0 radical (unpaired) electrons. The number of hydrogen-bond acceptors (Lipinski definition) is 2. The Morgan fingerprint density at radius 1 is 1.00 bits per heavy atom. The lowest BCUT2D eigenvalue weighted by molar-refractivity contribution is -0.118. The zero-order valence-electron chi connectivity index (χ0n) is 12.7. The van der Waals surface area contributed by atoms with Crippen LogP contribution in [0.2, 0.25) is 5.02 Å². The SMILES string of the molecule is CC(C)C(=O)Nc1ccc(NC(=O)c2ccc(Cl)c(I)c2)cc1. The molecule has 0 aromatic heterocycles. The van der Waals surface area contributed by atoms with E-state index < -0.39 is 0 Å². The van der Waals surface area contributed by atoms with Crippen LogP contribution < -0.4 is 10.6 Å². The summed E-state index contributed by atoms with van der Waals surface area (Å²) in [7, 11) is 0. The number of carbonyl (C=O) groups is 2. The summed E-state index contributed by atoms with van der Waals surface area (Å²) < 4.78 is 0.823. The molecule has 0 saturated heterocycles. The summed E-state index contributed by atoms with van der Waals surface area (Å²) in [6.07, 6.45) is 0. The minimum Gasteiger partial charge on any atom is -0.326 e. The molecule has 0 aliphatic heterocycles. The molecule has 0 spiro atoms. The first-order valence-corrected chi connectivity index (χ1v) is 8.50. The average Bonchev–Trinajstić information content (AvgIpc) is 2.51. The largest absolute Gasteiger partial charge is 0.326 e. The highest BCUT2D eigenvalue weighted by Gasteiger charge is 2.09. The summed E-state index contributed by atoms with van der Waals surface area (Å²) in [5.74, 6) is -0.335. The molecule has 0 atom stereocenters. The monoisotopic (exact) mass is 442 g/mol. The molecule has 0 saturated carbocycles. The Hall–Kier alpha value is -1.60. The van der Waals surface area contributed by atoms with Crippen molar-refractivity contribution in [3.05, 3.63) is 56.6 Å². The number of carbonyl (C=O) groups excluding carboxylic acids is 2. The van der Waals surface area contributed by atoms with Crippen molar-refractivity contribution in [1.29, 1.82) is 0 Å². The molecule has 120 valence electrons. The van der Waals surface area contributed by atoms with Crippen LogP contribution in [0.1, 0.15) is 24.2 Å². The fraction of sp³-hybridized carbons (Fsp3) is 0.176. The zero-order valence-corrected chi connectivity index (χ0v) is 15.6. The number of benzene rings is 2. The van der Waals surface area contributed by atoms with Crippen molar-refractivity contribution in [3.63, 3.8) is 0 Å². The van der Waals surface area contributed by atoms with E-state index in [2.05, 4.69) is 33.2 Å². The van der Waals surface area contributed by atoms with Crippen LogP contribution in [0.15, 0.2) is 42.5 Å². The van der Waals surface area contributed by atoms with Gasteiger partial charge < -0.3 is 10.6 Å². The van der Waals surface area contributed by atoms with Gasteiger partial charge in [-0.15, -0.1) is 0 Å². The molecule has 0 bridgehead atoms. The van der Waals surface area contributed by atoms with Crippen LogP contribution in [0.4, 0.5) is 11.4 Å². The van der Waals surface area contributed by atoms with Crippen molar-refractivity contribution < 1.29 is 9.59 Å². The van der Waals surface area contributed by atoms with Crippen LogP contribution in [0.3, 0.4) is 0 Å². The molecule has 2 amide bonds. The number of anilines is 2. The second kappa shape index (κ2) is 7.79. The molecule has 4 nitrogen and oxygen atoms in total. The van der Waals surface area contributed by atoms with E-state index in [9.17, 15) is 9.59 Å². The fourth-order valence-corrected chi connectivity index (χ4v) is 2.40. The molecule has 2 rings (SSSR count). The Bertz CT molecular complexity index is 730. The van der Waals surface area contributed by atoms with Crippen molar-refractivity contribution in [1.82, 2.24) is 0 Å². The number of halogens is 2. The lowest BCUT2D eigenvalue weighted by atomic mass is 10.2. The minimum atomic E-state index is -0.210. The van der Waals surface area contributed by atoms with Crippen molar-refractivity contribution in [2.24, 2.45) is 5.92 Å². The van der Waals surface area contributed by atoms with Gasteiger partial charge >= 0.3 is 0 Å². The van der Waals surface area contributed by atoms with Crippen molar-refractivity contribution >= 4 is 57.4 Å². The summed E-state index contributed by atoms with van der Waals surface area (Å²) in [5.41, 5.74) is 1.89. The van der Waals surface area contributed by atoms with Gasteiger partial charge in [-0.05, 0) is 65.1 Å². The fourth-order valence-electron chi connectivity index (χ4n) is 1.76. The highest BCUT2D eigenvalue weighted by Crippen LogP contribution is 2.20. The van der Waals surface area contributed by atoms with Gasteiger partial charge in [-0.3, -0.25) is 9.59 Å². The van der Waals surface area contributed by atoms with Gasteiger partial charge in [-0.2, -0.15) is 0 Å². The summed E-state index contributed by atoms with van der Waals surface area (Å²) in [4.78, 5) is 23.8. The van der Waals surface area contributed by atoms with E-state index >= 15 is 0 Å². The van der Waals surface area contributed by atoms with Crippen LogP contribution in [-0.4, -0.2) is 11.8 Å². The molecule has 0 unspecified atom stereocenters. The Morgan fingerprint density at radius 2 is 1.57 bits per heavy atom. The lowest BCUT2D eigenvalue weighted by Crippen LogP contribution is -2.17. The highest BCUT2D eigenvalue weighted by molar-refractivity contribution is 14.1. The summed E-state index contributed by atoms with van der Waals surface area (Å²) >= 11 is 8.04. The summed E-state index contributed by atoms with van der Waals surface area (Å²) in [6, 6.07) is 12.1. The summed E-state index contributed by atoms with van der Waals surface area (Å²) in [6.45, 7) is 3.66. The first kappa shape index (κ1) is 17.7. The second-order valence-electron chi connectivity index (χ2n) is 5.30. The van der Waals surface area contributed by atoms with Crippen LogP contribution in [0.5, 0.6) is 0 Å². The predicted molar refractivity (Wildman–Crippen MR) is 102 cm³/mol. The third-order valence-corrected chi connectivity index (χ3v) is 4.66. The van der Waals surface area contributed by atoms with Gasteiger partial charge in [0.15, 0.2) is 0 Å². The van der Waals surface area contributed by atoms with Gasteiger partial charge in [0.05, 0.1) is 5.02 Å². The highest BCUT2D eigenvalue weighted by atomic mass is 127. The summed E-state index contributed by atoms with van der Waals surface area (Å²) in [5, 5.41) is 6.23. The molecule has 0 fully saturated rings. The van der Waals surface area contributed by atoms with Crippen LogP contribution in [-0.2, 0) is 4.79 Å². The maximum absolute atomic E-state index is 12.2. The Kier molecular flexibility index (Phi) is 6.01. The molecule has 0 aliphatic rings. The Labute approximate surface area is 153 Å². The van der Waals surface area contributed by atoms with E-state index in [0.717, 1.165) is 3.57 Å². The standard InChI is InChI=1S/C17H16ClIN2O2/c1-10(2)16(22)20-12-4-6-13(7-5-12)21-17(23)11-3-8-14(18)15(19)9-11/h3-10H,1-2H3,(H,20,22)(H,21,23). The van der Waals surface area contributed by atoms with E-state index in [1.165, 1.54) is 0 Å². The zero-order chi connectivity index (χ0) is 17.0. The molecule has 6 heteroatoms. The maximum Gasteiger partial charge on any atom is 0.255 e. The molecule has 0 heterocycles. The van der Waals surface area contributed by atoms with E-state index in [0.29, 0.717) is 22.0 Å². The van der Waals surface area contributed by atoms with Gasteiger partial charge in [0.25, 0.3) is 5.91 Å². The van der Waals surface area contributed by atoms with E-state index in [4.69, 9.17) is 11.6 Å². The molecular weight excluding hydrogens is 427 g/mol. The number of rotatable bonds is 4. The van der Waals surface area contributed by atoms with Gasteiger partial charge in [-0.25, -0.2) is 0 Å². The molecule has 2 N–H and O–H groups in total. The Morgan fingerprint density at radius 3 is 2.09 bits per heavy atom. The first-order chi connectivity index (χ1) is 10.9. The number of amides is 2.